The molecule has 0 aromatic rings. The third-order valence-electron chi connectivity index (χ3n) is 0.843. The molecule has 0 aliphatic carbocycles. The van der Waals surface area contributed by atoms with Crippen LogP contribution in [0.25, 0.3) is 0 Å². The summed E-state index contributed by atoms with van der Waals surface area (Å²) in [5.74, 6) is -0.355. The molecule has 1 N–H and O–H groups in total. The van der Waals surface area contributed by atoms with E-state index in [0.29, 0.717) is 0 Å². The van der Waals surface area contributed by atoms with Gasteiger partial charge in [0, 0.05) is 12.4 Å². The predicted molar refractivity (Wildman–Crippen MR) is 34.8 cm³/mol. The van der Waals surface area contributed by atoms with Crippen molar-refractivity contribution in [3.05, 3.63) is 0 Å². The lowest BCUT2D eigenvalue weighted by Crippen LogP contribution is -2.09. The van der Waals surface area contributed by atoms with Crippen molar-refractivity contribution in [1.29, 1.82) is 0 Å². The van der Waals surface area contributed by atoms with Gasteiger partial charge in [-0.2, -0.15) is 13.2 Å². The summed E-state index contributed by atoms with van der Waals surface area (Å²) >= 11 is -0.0938. The number of rotatable bonds is 3. The Balaban J connectivity index is 3.36. The zero-order valence-corrected chi connectivity index (χ0v) is 6.30. The van der Waals surface area contributed by atoms with Crippen molar-refractivity contribution in [2.45, 2.75) is 12.4 Å². The smallest absolute Gasteiger partial charge is 0.396 e. The van der Waals surface area contributed by atoms with Crippen LogP contribution in [0.1, 0.15) is 6.92 Å². The minimum absolute atomic E-state index is 0.0694. The van der Waals surface area contributed by atoms with Crippen LogP contribution in [0.4, 0.5) is 13.2 Å². The van der Waals surface area contributed by atoms with Gasteiger partial charge >= 0.3 is 5.51 Å². The van der Waals surface area contributed by atoms with Crippen molar-refractivity contribution >= 4 is 11.8 Å². The Morgan fingerprint density at radius 3 is 2.30 bits per heavy atom. The van der Waals surface area contributed by atoms with Crippen LogP contribution in [0.15, 0.2) is 0 Å². The van der Waals surface area contributed by atoms with Crippen LogP contribution in [0, 0.1) is 5.92 Å². The third-order valence-corrected chi connectivity index (χ3v) is 1.91. The Morgan fingerprint density at radius 2 is 2.00 bits per heavy atom. The van der Waals surface area contributed by atoms with Crippen LogP contribution in [-0.2, 0) is 0 Å². The summed E-state index contributed by atoms with van der Waals surface area (Å²) in [5.41, 5.74) is -4.16. The van der Waals surface area contributed by atoms with Gasteiger partial charge in [0.15, 0.2) is 0 Å². The second-order valence-corrected chi connectivity index (χ2v) is 3.13. The lowest BCUT2D eigenvalue weighted by Gasteiger charge is -2.08. The molecule has 0 aromatic heterocycles. The second-order valence-electron chi connectivity index (χ2n) is 2.04. The largest absolute Gasteiger partial charge is 0.441 e. The number of hydrogen-bond acceptors (Lipinski definition) is 2. The van der Waals surface area contributed by atoms with Gasteiger partial charge in [-0.15, -0.1) is 0 Å². The molecule has 0 aliphatic rings. The lowest BCUT2D eigenvalue weighted by atomic mass is 10.2. The van der Waals surface area contributed by atoms with Gasteiger partial charge in [0.2, 0.25) is 0 Å². The summed E-state index contributed by atoms with van der Waals surface area (Å²) in [6.07, 6.45) is 0. The molecule has 0 saturated carbocycles. The maximum absolute atomic E-state index is 11.4. The van der Waals surface area contributed by atoms with Gasteiger partial charge < -0.3 is 5.11 Å². The molecule has 0 amide bonds. The fourth-order valence-corrected chi connectivity index (χ4v) is 0.868. The van der Waals surface area contributed by atoms with E-state index in [0.717, 1.165) is 0 Å². The summed E-state index contributed by atoms with van der Waals surface area (Å²) < 4.78 is 34.3. The maximum atomic E-state index is 11.4. The molecular formula is C5H9F3OS. The van der Waals surface area contributed by atoms with Crippen LogP contribution >= 0.6 is 11.8 Å². The molecule has 0 aromatic carbocycles. The molecule has 1 nitrogen and oxygen atoms in total. The molecule has 5 heteroatoms. The van der Waals surface area contributed by atoms with Gasteiger partial charge in [0.05, 0.1) is 0 Å². The Hall–Kier alpha value is 0.100. The lowest BCUT2D eigenvalue weighted by molar-refractivity contribution is -0.0330. The summed E-state index contributed by atoms with van der Waals surface area (Å²) in [5, 5.41) is 8.35. The number of aliphatic hydroxyl groups is 1. The number of aliphatic hydroxyl groups excluding tert-OH is 1. The monoisotopic (exact) mass is 174 g/mol. The van der Waals surface area contributed by atoms with E-state index in [4.69, 9.17) is 5.11 Å². The van der Waals surface area contributed by atoms with Crippen molar-refractivity contribution in [3.8, 4) is 0 Å². The normalized spacial score (nSPS) is 15.3. The quantitative estimate of drug-likeness (QED) is 0.704. The minimum atomic E-state index is -4.16. The zero-order chi connectivity index (χ0) is 8.20. The number of alkyl halides is 3. The number of hydrogen-bond donors (Lipinski definition) is 1. The van der Waals surface area contributed by atoms with E-state index in [2.05, 4.69) is 0 Å². The van der Waals surface area contributed by atoms with Crippen LogP contribution in [0.2, 0.25) is 0 Å². The highest BCUT2D eigenvalue weighted by Crippen LogP contribution is 2.31. The van der Waals surface area contributed by atoms with Gasteiger partial charge in [0.25, 0.3) is 0 Å². The van der Waals surface area contributed by atoms with Crippen molar-refractivity contribution < 1.29 is 18.3 Å². The van der Waals surface area contributed by atoms with Crippen LogP contribution in [0.3, 0.4) is 0 Å². The first kappa shape index (κ1) is 10.1. The average molecular weight is 174 g/mol. The topological polar surface area (TPSA) is 20.2 Å². The Morgan fingerprint density at radius 1 is 1.50 bits per heavy atom. The molecule has 0 saturated heterocycles. The summed E-state index contributed by atoms with van der Waals surface area (Å²) in [7, 11) is 0. The van der Waals surface area contributed by atoms with Crippen molar-refractivity contribution in [3.63, 3.8) is 0 Å². The first-order chi connectivity index (χ1) is 4.45. The SMILES string of the molecule is CC(CO)CSC(F)(F)F. The van der Waals surface area contributed by atoms with Gasteiger partial charge in [-0.05, 0) is 5.92 Å². The molecule has 0 radical (unpaired) electrons. The van der Waals surface area contributed by atoms with Gasteiger partial charge in [-0.1, -0.05) is 18.7 Å². The van der Waals surface area contributed by atoms with E-state index < -0.39 is 5.51 Å². The molecule has 0 rings (SSSR count). The molecule has 62 valence electrons. The minimum Gasteiger partial charge on any atom is -0.396 e. The van der Waals surface area contributed by atoms with Crippen molar-refractivity contribution in [2.75, 3.05) is 12.4 Å². The molecule has 0 aliphatic heterocycles. The van der Waals surface area contributed by atoms with E-state index in [1.807, 2.05) is 0 Å². The molecular weight excluding hydrogens is 165 g/mol. The van der Waals surface area contributed by atoms with E-state index in [-0.39, 0.29) is 30.0 Å². The molecule has 0 bridgehead atoms. The predicted octanol–water partition coefficient (Wildman–Crippen LogP) is 1.87. The summed E-state index contributed by atoms with van der Waals surface area (Å²) in [6.45, 7) is 1.38. The highest BCUT2D eigenvalue weighted by molar-refractivity contribution is 8.00. The van der Waals surface area contributed by atoms with E-state index in [9.17, 15) is 13.2 Å². The molecule has 0 heterocycles. The molecule has 1 unspecified atom stereocenters. The Bertz CT molecular complexity index is 93.4. The fourth-order valence-electron chi connectivity index (χ4n) is 0.289. The zero-order valence-electron chi connectivity index (χ0n) is 5.48. The van der Waals surface area contributed by atoms with Crippen LogP contribution in [-0.4, -0.2) is 23.0 Å². The van der Waals surface area contributed by atoms with E-state index >= 15 is 0 Å². The third kappa shape index (κ3) is 6.22. The number of halogens is 3. The van der Waals surface area contributed by atoms with Crippen LogP contribution < -0.4 is 0 Å². The van der Waals surface area contributed by atoms with Crippen molar-refractivity contribution in [2.24, 2.45) is 5.92 Å². The summed E-state index contributed by atoms with van der Waals surface area (Å²) in [6, 6.07) is 0. The Labute approximate surface area is 61.6 Å². The maximum Gasteiger partial charge on any atom is 0.441 e. The van der Waals surface area contributed by atoms with E-state index in [1.54, 1.807) is 6.92 Å². The summed E-state index contributed by atoms with van der Waals surface area (Å²) in [4.78, 5) is 0. The van der Waals surface area contributed by atoms with Crippen molar-refractivity contribution in [1.82, 2.24) is 0 Å². The second kappa shape index (κ2) is 4.08. The highest BCUT2D eigenvalue weighted by atomic mass is 32.2. The van der Waals surface area contributed by atoms with Gasteiger partial charge in [0.1, 0.15) is 0 Å². The van der Waals surface area contributed by atoms with E-state index in [1.165, 1.54) is 0 Å². The average Bonchev–Trinajstić information content (AvgIpc) is 1.81. The standard InChI is InChI=1S/C5H9F3OS/c1-4(2-9)3-10-5(6,7)8/h4,9H,2-3H2,1H3. The highest BCUT2D eigenvalue weighted by Gasteiger charge is 2.28. The first-order valence-electron chi connectivity index (χ1n) is 2.77. The molecule has 0 spiro atoms. The molecule has 10 heavy (non-hydrogen) atoms. The fraction of sp³-hybridized carbons (Fsp3) is 1.00. The van der Waals surface area contributed by atoms with Gasteiger partial charge in [-0.25, -0.2) is 0 Å². The van der Waals surface area contributed by atoms with Crippen LogP contribution in [0.5, 0.6) is 0 Å². The first-order valence-corrected chi connectivity index (χ1v) is 3.76. The molecule has 0 fully saturated rings. The number of thioether (sulfide) groups is 1. The van der Waals surface area contributed by atoms with Gasteiger partial charge in [-0.3, -0.25) is 0 Å². The molecule has 1 atom stereocenters. The Kier molecular flexibility index (Phi) is 4.12.